The van der Waals surface area contributed by atoms with Crippen LogP contribution in [-0.2, 0) is 4.74 Å². The van der Waals surface area contributed by atoms with Crippen LogP contribution in [0.1, 0.15) is 38.7 Å². The maximum Gasteiger partial charge on any atom is 0.410 e. The van der Waals surface area contributed by atoms with E-state index in [0.717, 1.165) is 22.8 Å². The second-order valence-corrected chi connectivity index (χ2v) is 8.72. The molecule has 0 radical (unpaired) electrons. The summed E-state index contributed by atoms with van der Waals surface area (Å²) in [5.74, 6) is 0.635. The van der Waals surface area contributed by atoms with Crippen molar-refractivity contribution >= 4 is 17.9 Å². The standard InChI is InChI=1S/C21H25NO3S/c1-21(2,3)25-20(24)22-13-12-16(14-22)15-4-8-18(9-5-15)26-19-10-6-17(23)7-11-19/h4-11,16,23H,12-14H2,1-3H3/t16-/m1/s1. The molecule has 0 aromatic heterocycles. The molecule has 26 heavy (non-hydrogen) atoms. The zero-order valence-corrected chi connectivity index (χ0v) is 16.3. The smallest absolute Gasteiger partial charge is 0.410 e. The first-order chi connectivity index (χ1) is 12.3. The molecule has 1 atom stereocenters. The van der Waals surface area contributed by atoms with Crippen LogP contribution in [0, 0.1) is 0 Å². The highest BCUT2D eigenvalue weighted by atomic mass is 32.2. The number of ether oxygens (including phenoxy) is 1. The molecule has 0 unspecified atom stereocenters. The van der Waals surface area contributed by atoms with Crippen molar-refractivity contribution in [3.8, 4) is 5.75 Å². The predicted octanol–water partition coefficient (Wildman–Crippen LogP) is 5.27. The maximum absolute atomic E-state index is 12.2. The van der Waals surface area contributed by atoms with Gasteiger partial charge in [-0.2, -0.15) is 0 Å². The van der Waals surface area contributed by atoms with Gasteiger partial charge in [-0.3, -0.25) is 0 Å². The summed E-state index contributed by atoms with van der Waals surface area (Å²) in [6.07, 6.45) is 0.739. The Morgan fingerprint density at radius 3 is 2.23 bits per heavy atom. The monoisotopic (exact) mass is 371 g/mol. The zero-order valence-electron chi connectivity index (χ0n) is 15.4. The van der Waals surface area contributed by atoms with Crippen LogP contribution in [-0.4, -0.2) is 34.8 Å². The topological polar surface area (TPSA) is 49.8 Å². The van der Waals surface area contributed by atoms with Crippen molar-refractivity contribution in [2.75, 3.05) is 13.1 Å². The number of nitrogens with zero attached hydrogens (tertiary/aromatic N) is 1. The molecule has 1 aliphatic heterocycles. The summed E-state index contributed by atoms with van der Waals surface area (Å²) in [5, 5.41) is 9.36. The minimum Gasteiger partial charge on any atom is -0.508 e. The van der Waals surface area contributed by atoms with Gasteiger partial charge in [-0.25, -0.2) is 4.79 Å². The minimum absolute atomic E-state index is 0.223. The van der Waals surface area contributed by atoms with E-state index in [4.69, 9.17) is 4.74 Å². The molecule has 2 aromatic rings. The van der Waals surface area contributed by atoms with E-state index in [1.807, 2.05) is 32.9 Å². The third kappa shape index (κ3) is 4.94. The van der Waals surface area contributed by atoms with E-state index < -0.39 is 5.60 Å². The lowest BCUT2D eigenvalue weighted by Crippen LogP contribution is -2.35. The summed E-state index contributed by atoms with van der Waals surface area (Å²) in [4.78, 5) is 16.2. The first-order valence-electron chi connectivity index (χ1n) is 8.85. The Balaban J connectivity index is 1.59. The van der Waals surface area contributed by atoms with Crippen LogP contribution >= 0.6 is 11.8 Å². The summed E-state index contributed by atoms with van der Waals surface area (Å²) in [7, 11) is 0. The van der Waals surface area contributed by atoms with Crippen molar-refractivity contribution < 1.29 is 14.6 Å². The summed E-state index contributed by atoms with van der Waals surface area (Å²) in [5.41, 5.74) is 0.800. The average molecular weight is 372 g/mol. The number of amides is 1. The third-order valence-electron chi connectivity index (χ3n) is 4.26. The minimum atomic E-state index is -0.456. The fourth-order valence-electron chi connectivity index (χ4n) is 2.98. The quantitative estimate of drug-likeness (QED) is 0.799. The van der Waals surface area contributed by atoms with E-state index in [1.165, 1.54) is 5.56 Å². The van der Waals surface area contributed by atoms with Gasteiger partial charge in [0.2, 0.25) is 0 Å². The van der Waals surface area contributed by atoms with Gasteiger partial charge in [0.1, 0.15) is 11.4 Å². The van der Waals surface area contributed by atoms with Gasteiger partial charge in [0.05, 0.1) is 0 Å². The van der Waals surface area contributed by atoms with Crippen LogP contribution < -0.4 is 0 Å². The molecule has 1 saturated heterocycles. The van der Waals surface area contributed by atoms with E-state index in [9.17, 15) is 9.90 Å². The molecule has 1 aliphatic rings. The fourth-order valence-corrected chi connectivity index (χ4v) is 3.80. The highest BCUT2D eigenvalue weighted by molar-refractivity contribution is 7.99. The Bertz CT molecular complexity index is 750. The molecule has 4 nitrogen and oxygen atoms in total. The van der Waals surface area contributed by atoms with E-state index in [2.05, 4.69) is 24.3 Å². The molecule has 2 aromatic carbocycles. The summed E-state index contributed by atoms with van der Waals surface area (Å²) < 4.78 is 5.47. The molecule has 1 fully saturated rings. The van der Waals surface area contributed by atoms with Crippen LogP contribution in [0.2, 0.25) is 0 Å². The van der Waals surface area contributed by atoms with Gasteiger partial charge in [0.15, 0.2) is 0 Å². The van der Waals surface area contributed by atoms with Crippen LogP contribution in [0.3, 0.4) is 0 Å². The lowest BCUT2D eigenvalue weighted by atomic mass is 9.99. The molecule has 1 amide bonds. The molecule has 138 valence electrons. The van der Waals surface area contributed by atoms with Crippen molar-refractivity contribution in [2.24, 2.45) is 0 Å². The Hall–Kier alpha value is -2.14. The third-order valence-corrected chi connectivity index (χ3v) is 5.28. The molecular weight excluding hydrogens is 346 g/mol. The van der Waals surface area contributed by atoms with E-state index >= 15 is 0 Å². The highest BCUT2D eigenvalue weighted by Gasteiger charge is 2.30. The molecule has 3 rings (SSSR count). The molecule has 1 heterocycles. The fraction of sp³-hybridized carbons (Fsp3) is 0.381. The number of likely N-dealkylation sites (tertiary alicyclic amines) is 1. The average Bonchev–Trinajstić information content (AvgIpc) is 3.06. The van der Waals surface area contributed by atoms with Crippen molar-refractivity contribution in [1.29, 1.82) is 0 Å². The lowest BCUT2D eigenvalue weighted by molar-refractivity contribution is 0.0292. The number of rotatable bonds is 3. The zero-order chi connectivity index (χ0) is 18.7. The van der Waals surface area contributed by atoms with Gasteiger partial charge < -0.3 is 14.7 Å². The molecule has 0 saturated carbocycles. The first kappa shape index (κ1) is 18.6. The first-order valence-corrected chi connectivity index (χ1v) is 9.66. The second-order valence-electron chi connectivity index (χ2n) is 7.58. The van der Waals surface area contributed by atoms with Gasteiger partial charge in [-0.1, -0.05) is 23.9 Å². The van der Waals surface area contributed by atoms with Gasteiger partial charge in [0, 0.05) is 28.8 Å². The molecule has 0 spiro atoms. The Morgan fingerprint density at radius 2 is 1.65 bits per heavy atom. The number of carbonyl (C=O) groups excluding carboxylic acids is 1. The summed E-state index contributed by atoms with van der Waals surface area (Å²) in [6, 6.07) is 15.7. The van der Waals surface area contributed by atoms with E-state index in [-0.39, 0.29) is 11.8 Å². The molecule has 1 N–H and O–H groups in total. The second kappa shape index (κ2) is 7.62. The molecular formula is C21H25NO3S. The normalized spacial score (nSPS) is 17.3. The van der Waals surface area contributed by atoms with Crippen LogP contribution in [0.25, 0.3) is 0 Å². The number of hydrogen-bond donors (Lipinski definition) is 1. The van der Waals surface area contributed by atoms with Gasteiger partial charge in [-0.05, 0) is 69.2 Å². The van der Waals surface area contributed by atoms with Crippen LogP contribution in [0.15, 0.2) is 58.3 Å². The van der Waals surface area contributed by atoms with Crippen LogP contribution in [0.4, 0.5) is 4.79 Å². The molecule has 0 bridgehead atoms. The van der Waals surface area contributed by atoms with E-state index in [0.29, 0.717) is 12.5 Å². The largest absolute Gasteiger partial charge is 0.508 e. The number of phenols is 1. The van der Waals surface area contributed by atoms with Crippen molar-refractivity contribution in [3.05, 3.63) is 54.1 Å². The summed E-state index contributed by atoms with van der Waals surface area (Å²) >= 11 is 1.66. The van der Waals surface area contributed by atoms with Crippen molar-refractivity contribution in [2.45, 2.75) is 48.5 Å². The van der Waals surface area contributed by atoms with Gasteiger partial charge in [-0.15, -0.1) is 0 Å². The number of aromatic hydroxyl groups is 1. The number of carbonyl (C=O) groups is 1. The lowest BCUT2D eigenvalue weighted by Gasteiger charge is -2.24. The van der Waals surface area contributed by atoms with Crippen LogP contribution in [0.5, 0.6) is 5.75 Å². The molecule has 0 aliphatic carbocycles. The highest BCUT2D eigenvalue weighted by Crippen LogP contribution is 2.32. The Kier molecular flexibility index (Phi) is 5.47. The SMILES string of the molecule is CC(C)(C)OC(=O)N1CC[C@@H](c2ccc(Sc3ccc(O)cc3)cc2)C1. The van der Waals surface area contributed by atoms with Crippen molar-refractivity contribution in [1.82, 2.24) is 4.90 Å². The number of hydrogen-bond acceptors (Lipinski definition) is 4. The maximum atomic E-state index is 12.2. The summed E-state index contributed by atoms with van der Waals surface area (Å²) in [6.45, 7) is 7.12. The molecule has 5 heteroatoms. The Morgan fingerprint density at radius 1 is 1.08 bits per heavy atom. The van der Waals surface area contributed by atoms with E-state index in [1.54, 1.807) is 28.8 Å². The predicted molar refractivity (Wildman–Crippen MR) is 104 cm³/mol. The number of phenolic OH excluding ortho intramolecular Hbond substituents is 1. The number of benzene rings is 2. The van der Waals surface area contributed by atoms with Gasteiger partial charge >= 0.3 is 6.09 Å². The Labute approximate surface area is 159 Å². The van der Waals surface area contributed by atoms with Crippen molar-refractivity contribution in [3.63, 3.8) is 0 Å². The van der Waals surface area contributed by atoms with Gasteiger partial charge in [0.25, 0.3) is 0 Å².